The fourth-order valence-corrected chi connectivity index (χ4v) is 3.20. The van der Waals surface area contributed by atoms with Crippen molar-refractivity contribution in [3.05, 3.63) is 0 Å². The van der Waals surface area contributed by atoms with Crippen molar-refractivity contribution in [1.82, 2.24) is 25.5 Å². The van der Waals surface area contributed by atoms with Gasteiger partial charge in [0.25, 0.3) is 0 Å². The van der Waals surface area contributed by atoms with Gasteiger partial charge in [-0.15, -0.1) is 11.5 Å². The van der Waals surface area contributed by atoms with E-state index in [0.29, 0.717) is 11.2 Å². The van der Waals surface area contributed by atoms with Crippen molar-refractivity contribution >= 4 is 17.7 Å². The molecule has 2 rings (SSSR count). The molecule has 0 bridgehead atoms. The molecule has 1 aromatic rings. The summed E-state index contributed by atoms with van der Waals surface area (Å²) in [5.74, 6) is 2.30. The maximum absolute atomic E-state index is 11.8. The molecule has 20 heavy (non-hydrogen) atoms. The third kappa shape index (κ3) is 3.73. The molecule has 0 aliphatic heterocycles. The number of carbonyl (C=O) groups excluding carboxylic acids is 1. The van der Waals surface area contributed by atoms with Crippen LogP contribution in [0.15, 0.2) is 5.16 Å². The summed E-state index contributed by atoms with van der Waals surface area (Å²) in [4.78, 5) is 11.8. The van der Waals surface area contributed by atoms with Gasteiger partial charge in [0.15, 0.2) is 0 Å². The molecule has 1 atom stereocenters. The lowest BCUT2D eigenvalue weighted by Gasteiger charge is -2.22. The van der Waals surface area contributed by atoms with E-state index in [4.69, 9.17) is 6.42 Å². The average Bonchev–Trinajstić information content (AvgIpc) is 2.93. The van der Waals surface area contributed by atoms with E-state index in [9.17, 15) is 4.79 Å². The Labute approximate surface area is 123 Å². The Balaban J connectivity index is 1.97. The number of aromatic nitrogens is 4. The highest BCUT2D eigenvalue weighted by Gasteiger charge is 2.23. The van der Waals surface area contributed by atoms with E-state index in [1.807, 2.05) is 11.6 Å². The van der Waals surface area contributed by atoms with Gasteiger partial charge in [-0.25, -0.2) is 4.68 Å². The summed E-state index contributed by atoms with van der Waals surface area (Å²) in [6.07, 6.45) is 11.1. The Bertz CT molecular complexity index is 489. The quantitative estimate of drug-likeness (QED) is 0.656. The first-order chi connectivity index (χ1) is 9.72. The number of nitrogens with zero attached hydrogens (tertiary/aromatic N) is 4. The molecule has 1 aliphatic rings. The SMILES string of the molecule is C#CCNC(=O)C(C)Sc1nnnn1C1CCCCC1. The second-order valence-electron chi connectivity index (χ2n) is 4.88. The van der Waals surface area contributed by atoms with Crippen LogP contribution in [0.4, 0.5) is 0 Å². The van der Waals surface area contributed by atoms with E-state index in [1.54, 1.807) is 0 Å². The fourth-order valence-electron chi connectivity index (χ4n) is 2.31. The number of nitrogens with one attached hydrogen (secondary N) is 1. The molecule has 1 unspecified atom stereocenters. The molecule has 6 nitrogen and oxygen atoms in total. The van der Waals surface area contributed by atoms with E-state index in [1.165, 1.54) is 31.0 Å². The summed E-state index contributed by atoms with van der Waals surface area (Å²) >= 11 is 1.38. The molecule has 1 N–H and O–H groups in total. The van der Waals surface area contributed by atoms with Crippen LogP contribution in [-0.4, -0.2) is 37.9 Å². The first-order valence-electron chi connectivity index (χ1n) is 6.88. The summed E-state index contributed by atoms with van der Waals surface area (Å²) in [7, 11) is 0. The Morgan fingerprint density at radius 1 is 1.55 bits per heavy atom. The lowest BCUT2D eigenvalue weighted by Crippen LogP contribution is -2.31. The van der Waals surface area contributed by atoms with Crippen molar-refractivity contribution in [2.75, 3.05) is 6.54 Å². The highest BCUT2D eigenvalue weighted by Crippen LogP contribution is 2.31. The molecule has 1 fully saturated rings. The van der Waals surface area contributed by atoms with Crippen LogP contribution in [-0.2, 0) is 4.79 Å². The van der Waals surface area contributed by atoms with Gasteiger partial charge in [-0.1, -0.05) is 36.9 Å². The number of carbonyl (C=O) groups is 1. The standard InChI is InChI=1S/C13H19N5OS/c1-3-9-14-12(19)10(2)20-13-15-16-17-18(13)11-7-5-4-6-8-11/h1,10-11H,4-9H2,2H3,(H,14,19). The van der Waals surface area contributed by atoms with Crippen molar-refractivity contribution in [3.63, 3.8) is 0 Å². The van der Waals surface area contributed by atoms with Crippen LogP contribution in [0.5, 0.6) is 0 Å². The Morgan fingerprint density at radius 2 is 2.30 bits per heavy atom. The number of terminal acetylenes is 1. The zero-order valence-electron chi connectivity index (χ0n) is 11.6. The molecule has 1 heterocycles. The van der Waals surface area contributed by atoms with Gasteiger partial charge in [0, 0.05) is 0 Å². The normalized spacial score (nSPS) is 17.4. The first kappa shape index (κ1) is 14.9. The van der Waals surface area contributed by atoms with Crippen molar-refractivity contribution in [2.24, 2.45) is 0 Å². The second kappa shape index (κ2) is 7.29. The molecule has 108 valence electrons. The van der Waals surface area contributed by atoms with Crippen molar-refractivity contribution in [3.8, 4) is 12.3 Å². The molecule has 1 aliphatic carbocycles. The van der Waals surface area contributed by atoms with Crippen LogP contribution in [0.1, 0.15) is 45.1 Å². The van der Waals surface area contributed by atoms with Gasteiger partial charge in [0.05, 0.1) is 17.8 Å². The molecular weight excluding hydrogens is 274 g/mol. The number of hydrogen-bond donors (Lipinski definition) is 1. The largest absolute Gasteiger partial charge is 0.344 e. The molecular formula is C13H19N5OS. The highest BCUT2D eigenvalue weighted by atomic mass is 32.2. The van der Waals surface area contributed by atoms with Gasteiger partial charge < -0.3 is 5.32 Å². The topological polar surface area (TPSA) is 72.7 Å². The summed E-state index contributed by atoms with van der Waals surface area (Å²) in [5, 5.41) is 15.0. The lowest BCUT2D eigenvalue weighted by molar-refractivity contribution is -0.120. The second-order valence-corrected chi connectivity index (χ2v) is 6.19. The Hall–Kier alpha value is -1.55. The van der Waals surface area contributed by atoms with E-state index in [2.05, 4.69) is 26.8 Å². The number of tetrazole rings is 1. The predicted octanol–water partition coefficient (Wildman–Crippen LogP) is 1.41. The van der Waals surface area contributed by atoms with E-state index >= 15 is 0 Å². The first-order valence-corrected chi connectivity index (χ1v) is 7.76. The van der Waals surface area contributed by atoms with Crippen molar-refractivity contribution in [2.45, 2.75) is 55.5 Å². The molecule has 1 saturated carbocycles. The van der Waals surface area contributed by atoms with Crippen LogP contribution >= 0.6 is 11.8 Å². The summed E-state index contributed by atoms with van der Waals surface area (Å²) in [6, 6.07) is 0.363. The van der Waals surface area contributed by atoms with Gasteiger partial charge in [0.2, 0.25) is 11.1 Å². The van der Waals surface area contributed by atoms with E-state index in [-0.39, 0.29) is 17.7 Å². The van der Waals surface area contributed by atoms with Crippen molar-refractivity contribution < 1.29 is 4.79 Å². The third-order valence-electron chi connectivity index (χ3n) is 3.40. The summed E-state index contributed by atoms with van der Waals surface area (Å²) in [5.41, 5.74) is 0. The molecule has 7 heteroatoms. The molecule has 0 radical (unpaired) electrons. The zero-order chi connectivity index (χ0) is 14.4. The van der Waals surface area contributed by atoms with E-state index < -0.39 is 0 Å². The van der Waals surface area contributed by atoms with Crippen LogP contribution in [0.3, 0.4) is 0 Å². The smallest absolute Gasteiger partial charge is 0.234 e. The van der Waals surface area contributed by atoms with Crippen LogP contribution < -0.4 is 5.32 Å². The lowest BCUT2D eigenvalue weighted by atomic mass is 9.96. The van der Waals surface area contributed by atoms with Gasteiger partial charge >= 0.3 is 0 Å². The maximum Gasteiger partial charge on any atom is 0.234 e. The molecule has 1 aromatic heterocycles. The minimum Gasteiger partial charge on any atom is -0.344 e. The van der Waals surface area contributed by atoms with Crippen LogP contribution in [0, 0.1) is 12.3 Å². The predicted molar refractivity (Wildman–Crippen MR) is 77.1 cm³/mol. The van der Waals surface area contributed by atoms with Crippen LogP contribution in [0.2, 0.25) is 0 Å². The number of amides is 1. The van der Waals surface area contributed by atoms with Crippen molar-refractivity contribution in [1.29, 1.82) is 0 Å². The van der Waals surface area contributed by atoms with Crippen LogP contribution in [0.25, 0.3) is 0 Å². The fraction of sp³-hybridized carbons (Fsp3) is 0.692. The van der Waals surface area contributed by atoms with Gasteiger partial charge in [-0.05, 0) is 30.2 Å². The highest BCUT2D eigenvalue weighted by molar-refractivity contribution is 8.00. The summed E-state index contributed by atoms with van der Waals surface area (Å²) in [6.45, 7) is 2.08. The molecule has 1 amide bonds. The summed E-state index contributed by atoms with van der Waals surface area (Å²) < 4.78 is 1.87. The minimum absolute atomic E-state index is 0.0915. The Kier molecular flexibility index (Phi) is 5.41. The Morgan fingerprint density at radius 3 is 3.00 bits per heavy atom. The minimum atomic E-state index is -0.267. The van der Waals surface area contributed by atoms with E-state index in [0.717, 1.165) is 12.8 Å². The van der Waals surface area contributed by atoms with Gasteiger partial charge in [-0.2, -0.15) is 0 Å². The number of thioether (sulfide) groups is 1. The molecule has 0 spiro atoms. The monoisotopic (exact) mass is 293 g/mol. The third-order valence-corrected chi connectivity index (χ3v) is 4.45. The molecule has 0 saturated heterocycles. The maximum atomic E-state index is 11.8. The van der Waals surface area contributed by atoms with Gasteiger partial charge in [-0.3, -0.25) is 4.79 Å². The number of rotatable bonds is 5. The average molecular weight is 293 g/mol. The molecule has 0 aromatic carbocycles. The number of hydrogen-bond acceptors (Lipinski definition) is 5. The van der Waals surface area contributed by atoms with Gasteiger partial charge in [0.1, 0.15) is 0 Å². The zero-order valence-corrected chi connectivity index (χ0v) is 12.4.